The summed E-state index contributed by atoms with van der Waals surface area (Å²) in [6.07, 6.45) is 0.988. The third-order valence-electron chi connectivity index (χ3n) is 4.54. The molecule has 1 fully saturated rings. The first-order chi connectivity index (χ1) is 12.2. The maximum Gasteiger partial charge on any atom is 0.240 e. The third kappa shape index (κ3) is 4.16. The molecule has 9 heteroatoms. The number of hydrogen-bond acceptors (Lipinski definition) is 7. The number of sulfonamides is 1. The predicted molar refractivity (Wildman–Crippen MR) is 99.4 cm³/mol. The summed E-state index contributed by atoms with van der Waals surface area (Å²) in [4.78, 5) is 16.5. The van der Waals surface area contributed by atoms with Crippen molar-refractivity contribution in [1.29, 1.82) is 0 Å². The van der Waals surface area contributed by atoms with Gasteiger partial charge in [-0.1, -0.05) is 17.3 Å². The molecule has 0 saturated carbocycles. The Morgan fingerprint density at radius 2 is 1.88 bits per heavy atom. The van der Waals surface area contributed by atoms with Crippen molar-refractivity contribution < 1.29 is 17.7 Å². The van der Waals surface area contributed by atoms with Gasteiger partial charge in [0.2, 0.25) is 15.9 Å². The molecule has 26 heavy (non-hydrogen) atoms. The highest BCUT2D eigenvalue weighted by Crippen LogP contribution is 2.27. The van der Waals surface area contributed by atoms with Crippen molar-refractivity contribution in [2.45, 2.75) is 13.8 Å². The lowest BCUT2D eigenvalue weighted by Crippen LogP contribution is -2.52. The average Bonchev–Trinajstić information content (AvgIpc) is 2.98. The zero-order valence-corrected chi connectivity index (χ0v) is 16.0. The highest BCUT2D eigenvalue weighted by molar-refractivity contribution is 7.89. The minimum atomic E-state index is -3.55. The molecule has 1 aromatic heterocycles. The van der Waals surface area contributed by atoms with Crippen LogP contribution in [0.2, 0.25) is 0 Å². The molecular weight excluding hydrogens is 356 g/mol. The highest BCUT2D eigenvalue weighted by Gasteiger charge is 2.33. The second-order valence-corrected chi connectivity index (χ2v) is 9.10. The summed E-state index contributed by atoms with van der Waals surface area (Å²) < 4.78 is 30.0. The van der Waals surface area contributed by atoms with Gasteiger partial charge >= 0.3 is 0 Å². The van der Waals surface area contributed by atoms with Crippen molar-refractivity contribution in [3.8, 4) is 0 Å². The van der Waals surface area contributed by atoms with E-state index in [2.05, 4.69) is 19.7 Å². The Balaban J connectivity index is 1.61. The summed E-state index contributed by atoms with van der Waals surface area (Å²) in [6.45, 7) is 7.05. The van der Waals surface area contributed by atoms with Crippen LogP contribution in [0.25, 0.3) is 11.0 Å². The number of nitrogens with one attached hydrogen (secondary N) is 1. The van der Waals surface area contributed by atoms with Crippen LogP contribution in [-0.2, 0) is 14.8 Å². The van der Waals surface area contributed by atoms with Crippen LogP contribution in [0.1, 0.15) is 13.8 Å². The molecule has 1 N–H and O–H groups in total. The van der Waals surface area contributed by atoms with Gasteiger partial charge < -0.3 is 9.42 Å². The number of piperazine rings is 1. The van der Waals surface area contributed by atoms with Gasteiger partial charge in [0.25, 0.3) is 0 Å². The zero-order chi connectivity index (χ0) is 18.9. The molecule has 0 unspecified atom stereocenters. The van der Waals surface area contributed by atoms with Crippen LogP contribution in [0.5, 0.6) is 0 Å². The van der Waals surface area contributed by atoms with E-state index >= 15 is 0 Å². The largest absolute Gasteiger partial charge is 0.354 e. The first-order valence-corrected chi connectivity index (χ1v) is 10.4. The first-order valence-electron chi connectivity index (χ1n) is 8.50. The molecule has 1 amide bonds. The van der Waals surface area contributed by atoms with Crippen molar-refractivity contribution in [1.82, 2.24) is 14.8 Å². The number of rotatable bonds is 5. The summed E-state index contributed by atoms with van der Waals surface area (Å²) in [7, 11) is -3.55. The number of fused-ring (bicyclic) bond motifs is 1. The van der Waals surface area contributed by atoms with Crippen LogP contribution in [0.4, 0.5) is 5.82 Å². The fourth-order valence-electron chi connectivity index (χ4n) is 3.16. The number of carbonyl (C=O) groups excluding carboxylic acids is 1. The van der Waals surface area contributed by atoms with Gasteiger partial charge in [-0.05, 0) is 26.0 Å². The number of carbonyl (C=O) groups is 1. The molecule has 142 valence electrons. The van der Waals surface area contributed by atoms with E-state index in [0.29, 0.717) is 6.54 Å². The second kappa shape index (κ2) is 6.88. The number of hydrogen-bond donors (Lipinski definition) is 1. The topological polar surface area (TPSA) is 95.8 Å². The summed E-state index contributed by atoms with van der Waals surface area (Å²) in [6, 6.07) is 7.76. The number of aromatic nitrogens is 1. The Hall–Kier alpha value is -2.13. The normalized spacial score (nSPS) is 16.8. The Morgan fingerprint density at radius 3 is 2.54 bits per heavy atom. The monoisotopic (exact) mass is 380 g/mol. The quantitative estimate of drug-likeness (QED) is 0.828. The minimum Gasteiger partial charge on any atom is -0.354 e. The Labute approximate surface area is 153 Å². The molecule has 1 aliphatic heterocycles. The Bertz CT molecular complexity index is 898. The summed E-state index contributed by atoms with van der Waals surface area (Å²) in [5.74, 6) is 0.360. The smallest absolute Gasteiger partial charge is 0.240 e. The van der Waals surface area contributed by atoms with Crippen LogP contribution in [0.3, 0.4) is 0 Å². The van der Waals surface area contributed by atoms with E-state index in [-0.39, 0.29) is 0 Å². The van der Waals surface area contributed by atoms with Crippen LogP contribution in [-0.4, -0.2) is 63.4 Å². The number of para-hydroxylation sites is 1. The van der Waals surface area contributed by atoms with E-state index in [0.717, 1.165) is 49.2 Å². The summed E-state index contributed by atoms with van der Waals surface area (Å²) in [5.41, 5.74) is -0.0326. The summed E-state index contributed by atoms with van der Waals surface area (Å²) >= 11 is 0. The molecule has 1 aliphatic rings. The third-order valence-corrected chi connectivity index (χ3v) is 5.10. The molecule has 0 bridgehead atoms. The number of nitrogens with zero attached hydrogens (tertiary/aromatic N) is 3. The lowest BCUT2D eigenvalue weighted by atomic mass is 9.91. The molecule has 2 aromatic rings. The van der Waals surface area contributed by atoms with Gasteiger partial charge in [-0.2, -0.15) is 0 Å². The number of amides is 1. The molecule has 2 heterocycles. The van der Waals surface area contributed by atoms with Gasteiger partial charge in [-0.15, -0.1) is 0 Å². The molecule has 8 nitrogen and oxygen atoms in total. The Kier molecular flexibility index (Phi) is 4.94. The number of anilines is 1. The van der Waals surface area contributed by atoms with E-state index in [1.54, 1.807) is 13.8 Å². The van der Waals surface area contributed by atoms with E-state index in [9.17, 15) is 13.2 Å². The zero-order valence-electron chi connectivity index (χ0n) is 15.2. The van der Waals surface area contributed by atoms with E-state index in [1.165, 1.54) is 0 Å². The SMILES string of the molecule is CC(C)(CN1CCN(c2noc3ccccc23)CC1)C(=O)NS(C)(=O)=O. The van der Waals surface area contributed by atoms with Gasteiger partial charge in [-0.3, -0.25) is 14.4 Å². The molecule has 3 rings (SSSR count). The lowest BCUT2D eigenvalue weighted by Gasteiger charge is -2.38. The Morgan fingerprint density at radius 1 is 1.23 bits per heavy atom. The molecule has 0 radical (unpaired) electrons. The highest BCUT2D eigenvalue weighted by atomic mass is 32.2. The van der Waals surface area contributed by atoms with E-state index in [4.69, 9.17) is 4.52 Å². The molecule has 0 aliphatic carbocycles. The van der Waals surface area contributed by atoms with Crippen molar-refractivity contribution >= 4 is 32.7 Å². The first kappa shape index (κ1) is 18.7. The molecular formula is C17H24N4O4S. The number of benzene rings is 1. The maximum absolute atomic E-state index is 12.2. The fourth-order valence-corrected chi connectivity index (χ4v) is 3.77. The van der Waals surface area contributed by atoms with Gasteiger partial charge in [0.1, 0.15) is 0 Å². The van der Waals surface area contributed by atoms with Gasteiger partial charge in [-0.25, -0.2) is 8.42 Å². The standard InChI is InChI=1S/C17H24N4O4S/c1-17(2,16(22)19-26(3,23)24)12-20-8-10-21(11-9-20)15-13-6-4-5-7-14(13)25-18-15/h4-7H,8-12H2,1-3H3,(H,19,22). The minimum absolute atomic E-state index is 0.482. The predicted octanol–water partition coefficient (Wildman–Crippen LogP) is 1.05. The van der Waals surface area contributed by atoms with Crippen LogP contribution in [0, 0.1) is 5.41 Å². The van der Waals surface area contributed by atoms with E-state index in [1.807, 2.05) is 24.3 Å². The molecule has 0 atom stereocenters. The van der Waals surface area contributed by atoms with Crippen LogP contribution >= 0.6 is 0 Å². The van der Waals surface area contributed by atoms with Gasteiger partial charge in [0, 0.05) is 32.7 Å². The van der Waals surface area contributed by atoms with Gasteiger partial charge in [0.05, 0.1) is 17.1 Å². The van der Waals surface area contributed by atoms with Crippen molar-refractivity contribution in [3.05, 3.63) is 24.3 Å². The average molecular weight is 380 g/mol. The van der Waals surface area contributed by atoms with Crippen molar-refractivity contribution in [2.75, 3.05) is 43.9 Å². The second-order valence-electron chi connectivity index (χ2n) is 7.35. The lowest BCUT2D eigenvalue weighted by molar-refractivity contribution is -0.128. The van der Waals surface area contributed by atoms with Crippen molar-refractivity contribution in [3.63, 3.8) is 0 Å². The molecule has 0 spiro atoms. The van der Waals surface area contributed by atoms with Crippen LogP contribution < -0.4 is 9.62 Å². The maximum atomic E-state index is 12.2. The fraction of sp³-hybridized carbons (Fsp3) is 0.529. The van der Waals surface area contributed by atoms with Gasteiger partial charge in [0.15, 0.2) is 11.4 Å². The molecule has 1 saturated heterocycles. The van der Waals surface area contributed by atoms with E-state index < -0.39 is 21.3 Å². The summed E-state index contributed by atoms with van der Waals surface area (Å²) in [5, 5.41) is 5.18. The van der Waals surface area contributed by atoms with Crippen molar-refractivity contribution in [2.24, 2.45) is 5.41 Å². The van der Waals surface area contributed by atoms with Crippen LogP contribution in [0.15, 0.2) is 28.8 Å². The molecule has 1 aromatic carbocycles.